The second-order valence-electron chi connectivity index (χ2n) is 3.52. The van der Waals surface area contributed by atoms with Crippen molar-refractivity contribution in [2.75, 3.05) is 34.0 Å². The van der Waals surface area contributed by atoms with Gasteiger partial charge in [-0.05, 0) is 6.07 Å². The summed E-state index contributed by atoms with van der Waals surface area (Å²) < 4.78 is 10.9. The van der Waals surface area contributed by atoms with Crippen molar-refractivity contribution in [2.45, 2.75) is 6.54 Å². The molecule has 0 unspecified atom stereocenters. The molecule has 18 heavy (non-hydrogen) atoms. The molecule has 1 aromatic rings. The molecule has 1 N–H and O–H groups in total. The van der Waals surface area contributed by atoms with Crippen LogP contribution in [0, 0.1) is 0 Å². The highest BCUT2D eigenvalue weighted by Gasteiger charge is 2.08. The first kappa shape index (κ1) is 14.3. The monoisotopic (exact) mass is 255 g/mol. The first-order valence-corrected chi connectivity index (χ1v) is 5.53. The summed E-state index contributed by atoms with van der Waals surface area (Å²) in [6.07, 6.45) is 0. The molecular weight excluding hydrogens is 238 g/mol. The molecule has 0 aliphatic rings. The number of carbonyl (C=O) groups excluding carboxylic acids is 1. The first-order chi connectivity index (χ1) is 8.69. The van der Waals surface area contributed by atoms with E-state index in [0.717, 1.165) is 0 Å². The molecule has 100 valence electrons. The van der Waals surface area contributed by atoms with Crippen molar-refractivity contribution in [3.63, 3.8) is 0 Å². The van der Waals surface area contributed by atoms with Gasteiger partial charge in [0.2, 0.25) is 0 Å². The minimum Gasteiger partial charge on any atom is -0.383 e. The first-order valence-electron chi connectivity index (χ1n) is 5.53. The van der Waals surface area contributed by atoms with Crippen LogP contribution in [0.3, 0.4) is 0 Å². The number of hydrogen-bond donors (Lipinski definition) is 1. The van der Waals surface area contributed by atoms with E-state index in [9.17, 15) is 9.59 Å². The molecular formula is C11H17N3O4. The van der Waals surface area contributed by atoms with Crippen LogP contribution < -0.4 is 10.9 Å². The Kier molecular flexibility index (Phi) is 6.03. The molecule has 0 bridgehead atoms. The number of rotatable bonds is 7. The number of ether oxygens (including phenoxy) is 2. The maximum absolute atomic E-state index is 11.7. The van der Waals surface area contributed by atoms with E-state index >= 15 is 0 Å². The molecule has 0 fully saturated rings. The fourth-order valence-electron chi connectivity index (χ4n) is 1.27. The largest absolute Gasteiger partial charge is 0.383 e. The van der Waals surface area contributed by atoms with E-state index in [2.05, 4.69) is 10.4 Å². The fourth-order valence-corrected chi connectivity index (χ4v) is 1.27. The summed E-state index contributed by atoms with van der Waals surface area (Å²) in [6, 6.07) is 2.71. The van der Waals surface area contributed by atoms with E-state index in [1.807, 2.05) is 0 Å². The Labute approximate surface area is 105 Å². The molecule has 1 rings (SSSR count). The number of aromatic nitrogens is 2. The van der Waals surface area contributed by atoms with E-state index in [-0.39, 0.29) is 17.2 Å². The molecule has 0 aromatic carbocycles. The van der Waals surface area contributed by atoms with Crippen molar-refractivity contribution in [3.05, 3.63) is 28.2 Å². The van der Waals surface area contributed by atoms with Gasteiger partial charge >= 0.3 is 0 Å². The third kappa shape index (κ3) is 4.27. The highest BCUT2D eigenvalue weighted by atomic mass is 16.5. The standard InChI is InChI=1S/C11H17N3O4/c1-17-7-5-12-11(16)9-3-4-10(15)14(13-9)6-8-18-2/h3-4H,5-8H2,1-2H3,(H,12,16). The normalized spacial score (nSPS) is 10.3. The van der Waals surface area contributed by atoms with Crippen LogP contribution in [0.2, 0.25) is 0 Å². The molecule has 7 nitrogen and oxygen atoms in total. The summed E-state index contributed by atoms with van der Waals surface area (Å²) in [4.78, 5) is 23.1. The zero-order chi connectivity index (χ0) is 13.4. The number of nitrogens with one attached hydrogen (secondary N) is 1. The molecule has 1 heterocycles. The average molecular weight is 255 g/mol. The smallest absolute Gasteiger partial charge is 0.271 e. The maximum atomic E-state index is 11.7. The van der Waals surface area contributed by atoms with Crippen molar-refractivity contribution in [1.82, 2.24) is 15.1 Å². The van der Waals surface area contributed by atoms with Gasteiger partial charge in [0.05, 0.1) is 19.8 Å². The number of amides is 1. The maximum Gasteiger partial charge on any atom is 0.271 e. The van der Waals surface area contributed by atoms with Gasteiger partial charge in [-0.25, -0.2) is 4.68 Å². The summed E-state index contributed by atoms with van der Waals surface area (Å²) in [6.45, 7) is 1.50. The van der Waals surface area contributed by atoms with Crippen LogP contribution in [0.25, 0.3) is 0 Å². The van der Waals surface area contributed by atoms with E-state index in [1.54, 1.807) is 7.11 Å². The van der Waals surface area contributed by atoms with Gasteiger partial charge in [0, 0.05) is 26.8 Å². The van der Waals surface area contributed by atoms with Gasteiger partial charge in [0.15, 0.2) is 0 Å². The second kappa shape index (κ2) is 7.57. The van der Waals surface area contributed by atoms with Crippen LogP contribution in [0.5, 0.6) is 0 Å². The van der Waals surface area contributed by atoms with Crippen molar-refractivity contribution in [1.29, 1.82) is 0 Å². The molecule has 0 atom stereocenters. The van der Waals surface area contributed by atoms with Gasteiger partial charge in [-0.3, -0.25) is 9.59 Å². The van der Waals surface area contributed by atoms with Crippen LogP contribution in [0.4, 0.5) is 0 Å². The molecule has 0 saturated heterocycles. The zero-order valence-electron chi connectivity index (χ0n) is 10.5. The third-order valence-electron chi connectivity index (χ3n) is 2.20. The minimum atomic E-state index is -0.335. The minimum absolute atomic E-state index is 0.196. The average Bonchev–Trinajstić information content (AvgIpc) is 2.38. The summed E-state index contributed by atoms with van der Waals surface area (Å²) in [5.74, 6) is -0.335. The predicted octanol–water partition coefficient (Wildman–Crippen LogP) is -0.734. The molecule has 1 aromatic heterocycles. The Balaban J connectivity index is 2.71. The molecule has 1 amide bonds. The lowest BCUT2D eigenvalue weighted by Gasteiger charge is -2.07. The van der Waals surface area contributed by atoms with Gasteiger partial charge in [-0.2, -0.15) is 5.10 Å². The number of carbonyl (C=O) groups is 1. The van der Waals surface area contributed by atoms with Crippen LogP contribution in [0.15, 0.2) is 16.9 Å². The summed E-state index contributed by atoms with van der Waals surface area (Å²) >= 11 is 0. The highest BCUT2D eigenvalue weighted by molar-refractivity contribution is 5.91. The molecule has 0 spiro atoms. The Morgan fingerprint density at radius 2 is 2.06 bits per heavy atom. The quantitative estimate of drug-likeness (QED) is 0.649. The Bertz CT molecular complexity index is 444. The number of methoxy groups -OCH3 is 2. The lowest BCUT2D eigenvalue weighted by molar-refractivity contribution is 0.0928. The topological polar surface area (TPSA) is 82.5 Å². The van der Waals surface area contributed by atoms with E-state index < -0.39 is 0 Å². The Hall–Kier alpha value is -1.73. The lowest BCUT2D eigenvalue weighted by atomic mass is 10.3. The van der Waals surface area contributed by atoms with Crippen molar-refractivity contribution >= 4 is 5.91 Å². The van der Waals surface area contributed by atoms with Gasteiger partial charge in [-0.15, -0.1) is 0 Å². The van der Waals surface area contributed by atoms with Gasteiger partial charge in [0.25, 0.3) is 11.5 Å². The van der Waals surface area contributed by atoms with E-state index in [4.69, 9.17) is 9.47 Å². The highest BCUT2D eigenvalue weighted by Crippen LogP contribution is 1.91. The SMILES string of the molecule is COCCNC(=O)c1ccc(=O)n(CCOC)n1. The molecule has 0 aliphatic heterocycles. The van der Waals surface area contributed by atoms with Gasteiger partial charge in [0.1, 0.15) is 5.69 Å². The second-order valence-corrected chi connectivity index (χ2v) is 3.52. The van der Waals surface area contributed by atoms with Crippen molar-refractivity contribution in [3.8, 4) is 0 Å². The number of hydrogen-bond acceptors (Lipinski definition) is 5. The molecule has 7 heteroatoms. The van der Waals surface area contributed by atoms with Crippen LogP contribution in [-0.4, -0.2) is 49.7 Å². The van der Waals surface area contributed by atoms with Crippen molar-refractivity contribution in [2.24, 2.45) is 0 Å². The third-order valence-corrected chi connectivity index (χ3v) is 2.20. The zero-order valence-corrected chi connectivity index (χ0v) is 10.5. The molecule has 0 radical (unpaired) electrons. The van der Waals surface area contributed by atoms with Crippen LogP contribution in [0.1, 0.15) is 10.5 Å². The van der Waals surface area contributed by atoms with E-state index in [1.165, 1.54) is 23.9 Å². The molecule has 0 saturated carbocycles. The Morgan fingerprint density at radius 3 is 2.72 bits per heavy atom. The fraction of sp³-hybridized carbons (Fsp3) is 0.545. The van der Waals surface area contributed by atoms with Gasteiger partial charge in [-0.1, -0.05) is 0 Å². The molecule has 0 aliphatic carbocycles. The van der Waals surface area contributed by atoms with Gasteiger partial charge < -0.3 is 14.8 Å². The summed E-state index contributed by atoms with van der Waals surface area (Å²) in [5, 5.41) is 6.59. The summed E-state index contributed by atoms with van der Waals surface area (Å²) in [5.41, 5.74) is -0.0673. The summed E-state index contributed by atoms with van der Waals surface area (Å²) in [7, 11) is 3.08. The van der Waals surface area contributed by atoms with Crippen LogP contribution >= 0.6 is 0 Å². The lowest BCUT2D eigenvalue weighted by Crippen LogP contribution is -2.31. The van der Waals surface area contributed by atoms with Crippen molar-refractivity contribution < 1.29 is 14.3 Å². The Morgan fingerprint density at radius 1 is 1.33 bits per heavy atom. The van der Waals surface area contributed by atoms with Crippen LogP contribution in [-0.2, 0) is 16.0 Å². The number of nitrogens with zero attached hydrogens (tertiary/aromatic N) is 2. The predicted molar refractivity (Wildman–Crippen MR) is 64.6 cm³/mol. The van der Waals surface area contributed by atoms with E-state index in [0.29, 0.717) is 26.3 Å².